The first kappa shape index (κ1) is 23.7. The van der Waals surface area contributed by atoms with Crippen molar-refractivity contribution in [3.8, 4) is 5.75 Å². The van der Waals surface area contributed by atoms with Gasteiger partial charge in [-0.3, -0.25) is 4.79 Å². The summed E-state index contributed by atoms with van der Waals surface area (Å²) in [4.78, 5) is 28.6. The first-order valence-electron chi connectivity index (χ1n) is 11.8. The number of hydrogen-bond acceptors (Lipinski definition) is 6. The molecular weight excluding hydrogens is 426 g/mol. The number of aromatic nitrogens is 2. The van der Waals surface area contributed by atoms with Gasteiger partial charge >= 0.3 is 0 Å². The highest BCUT2D eigenvalue weighted by atomic mass is 16.5. The lowest BCUT2D eigenvalue weighted by atomic mass is 10.1. The number of likely N-dealkylation sites (N-methyl/N-ethyl adjacent to an activating group) is 1. The van der Waals surface area contributed by atoms with Crippen LogP contribution in [0.15, 0.2) is 60.7 Å². The monoisotopic (exact) mass is 459 g/mol. The maximum absolute atomic E-state index is 12.5. The molecule has 3 aromatic rings. The zero-order valence-corrected chi connectivity index (χ0v) is 20.3. The molecule has 0 spiro atoms. The van der Waals surface area contributed by atoms with Crippen molar-refractivity contribution in [3.05, 3.63) is 72.1 Å². The first-order valence-corrected chi connectivity index (χ1v) is 11.8. The molecule has 0 saturated carbocycles. The summed E-state index contributed by atoms with van der Waals surface area (Å²) >= 11 is 0. The highest BCUT2D eigenvalue weighted by Crippen LogP contribution is 2.25. The van der Waals surface area contributed by atoms with E-state index in [1.54, 1.807) is 13.2 Å². The van der Waals surface area contributed by atoms with Crippen molar-refractivity contribution in [2.75, 3.05) is 58.8 Å². The molecule has 0 radical (unpaired) electrons. The molecule has 7 heteroatoms. The van der Waals surface area contributed by atoms with Crippen molar-refractivity contribution in [1.82, 2.24) is 19.8 Å². The number of anilines is 1. The number of aryl methyl sites for hydroxylation is 2. The third kappa shape index (κ3) is 5.91. The van der Waals surface area contributed by atoms with Gasteiger partial charge in [-0.05, 0) is 50.3 Å². The van der Waals surface area contributed by atoms with Crippen LogP contribution in [-0.2, 0) is 17.6 Å². The number of carbonyl (C=O) groups is 1. The number of carbonyl (C=O) groups excluding carboxylic acids is 1. The average molecular weight is 460 g/mol. The molecule has 2 aromatic carbocycles. The van der Waals surface area contributed by atoms with Crippen molar-refractivity contribution in [2.45, 2.75) is 12.8 Å². The molecule has 7 nitrogen and oxygen atoms in total. The van der Waals surface area contributed by atoms with Gasteiger partial charge < -0.3 is 19.4 Å². The number of para-hydroxylation sites is 1. The van der Waals surface area contributed by atoms with E-state index in [0.717, 1.165) is 60.8 Å². The summed E-state index contributed by atoms with van der Waals surface area (Å²) in [7, 11) is 5.67. The molecule has 2 heterocycles. The predicted octanol–water partition coefficient (Wildman–Crippen LogP) is 3.19. The minimum Gasteiger partial charge on any atom is -0.497 e. The number of hydrogen-bond donors (Lipinski definition) is 0. The van der Waals surface area contributed by atoms with E-state index < -0.39 is 0 Å². The second-order valence-electron chi connectivity index (χ2n) is 8.81. The van der Waals surface area contributed by atoms with Crippen LogP contribution in [0.2, 0.25) is 0 Å². The molecule has 0 aliphatic carbocycles. The molecule has 1 aliphatic heterocycles. The fourth-order valence-electron chi connectivity index (χ4n) is 4.15. The maximum Gasteiger partial charge on any atom is 0.246 e. The fourth-order valence-corrected chi connectivity index (χ4v) is 4.15. The van der Waals surface area contributed by atoms with Crippen LogP contribution >= 0.6 is 0 Å². The molecule has 178 valence electrons. The molecule has 0 unspecified atom stereocenters. The molecule has 1 saturated heterocycles. The van der Waals surface area contributed by atoms with Crippen LogP contribution in [0.4, 0.5) is 5.82 Å². The topological polar surface area (TPSA) is 61.8 Å². The van der Waals surface area contributed by atoms with Gasteiger partial charge in [0.05, 0.1) is 12.6 Å². The molecule has 1 aromatic heterocycles. The zero-order valence-electron chi connectivity index (χ0n) is 20.3. The largest absolute Gasteiger partial charge is 0.497 e. The van der Waals surface area contributed by atoms with Crippen molar-refractivity contribution < 1.29 is 9.53 Å². The van der Waals surface area contributed by atoms with Crippen molar-refractivity contribution in [2.24, 2.45) is 0 Å². The lowest BCUT2D eigenvalue weighted by Crippen LogP contribution is -2.48. The summed E-state index contributed by atoms with van der Waals surface area (Å²) in [5, 5.41) is 1.05. The summed E-state index contributed by atoms with van der Waals surface area (Å²) in [6.45, 7) is 3.63. The van der Waals surface area contributed by atoms with E-state index >= 15 is 0 Å². The Labute approximate surface area is 201 Å². The molecule has 4 rings (SSSR count). The van der Waals surface area contributed by atoms with Gasteiger partial charge in [0.15, 0.2) is 0 Å². The predicted molar refractivity (Wildman–Crippen MR) is 136 cm³/mol. The lowest BCUT2D eigenvalue weighted by molar-refractivity contribution is -0.126. The second kappa shape index (κ2) is 11.1. The Morgan fingerprint density at radius 1 is 1.03 bits per heavy atom. The van der Waals surface area contributed by atoms with E-state index in [1.165, 1.54) is 5.56 Å². The number of amides is 1. The van der Waals surface area contributed by atoms with Crippen molar-refractivity contribution in [1.29, 1.82) is 0 Å². The standard InChI is InChI=1S/C27H33N5O2/c1-30(2)15-7-12-26(33)31-16-18-32(19-17-31)27-23-10-4-5-11-24(23)28-25(29-27)14-13-21-8-6-9-22(20-21)34-3/h4-12,20H,13-19H2,1-3H3/b12-7+. The summed E-state index contributed by atoms with van der Waals surface area (Å²) in [6.07, 6.45) is 5.20. The Morgan fingerprint density at radius 2 is 1.82 bits per heavy atom. The molecule has 1 aliphatic rings. The van der Waals surface area contributed by atoms with E-state index in [1.807, 2.05) is 60.3 Å². The van der Waals surface area contributed by atoms with Crippen LogP contribution < -0.4 is 9.64 Å². The van der Waals surface area contributed by atoms with E-state index in [9.17, 15) is 4.79 Å². The summed E-state index contributed by atoms with van der Waals surface area (Å²) < 4.78 is 5.35. The van der Waals surface area contributed by atoms with E-state index in [4.69, 9.17) is 14.7 Å². The van der Waals surface area contributed by atoms with Crippen LogP contribution in [0.3, 0.4) is 0 Å². The van der Waals surface area contributed by atoms with E-state index in [0.29, 0.717) is 13.1 Å². The Hall–Kier alpha value is -3.45. The number of piperazine rings is 1. The minimum atomic E-state index is 0.0769. The summed E-state index contributed by atoms with van der Waals surface area (Å²) in [5.41, 5.74) is 2.16. The van der Waals surface area contributed by atoms with Crippen LogP contribution in [0, 0.1) is 0 Å². The minimum absolute atomic E-state index is 0.0769. The van der Waals surface area contributed by atoms with Crippen molar-refractivity contribution in [3.63, 3.8) is 0 Å². The van der Waals surface area contributed by atoms with Gasteiger partial charge in [0.2, 0.25) is 5.91 Å². The third-order valence-corrected chi connectivity index (χ3v) is 6.02. The van der Waals surface area contributed by atoms with Gasteiger partial charge in [-0.25, -0.2) is 9.97 Å². The number of nitrogens with zero attached hydrogens (tertiary/aromatic N) is 5. The highest BCUT2D eigenvalue weighted by molar-refractivity contribution is 5.90. The SMILES string of the molecule is COc1cccc(CCc2nc(N3CCN(C(=O)/C=C/CN(C)C)CC3)c3ccccc3n2)c1. The first-order chi connectivity index (χ1) is 16.5. The van der Waals surface area contributed by atoms with Crippen LogP contribution in [0.1, 0.15) is 11.4 Å². The lowest BCUT2D eigenvalue weighted by Gasteiger charge is -2.35. The average Bonchev–Trinajstić information content (AvgIpc) is 2.87. The Kier molecular flexibility index (Phi) is 7.75. The highest BCUT2D eigenvalue weighted by Gasteiger charge is 2.22. The van der Waals surface area contributed by atoms with Crippen LogP contribution in [0.5, 0.6) is 5.75 Å². The molecule has 0 bridgehead atoms. The van der Waals surface area contributed by atoms with Crippen LogP contribution in [-0.4, -0.2) is 79.6 Å². The quantitative estimate of drug-likeness (QED) is 0.482. The number of ether oxygens (including phenoxy) is 1. The molecule has 1 amide bonds. The van der Waals surface area contributed by atoms with Crippen LogP contribution in [0.25, 0.3) is 10.9 Å². The summed E-state index contributed by atoms with van der Waals surface area (Å²) in [5.74, 6) is 2.73. The van der Waals surface area contributed by atoms with E-state index in [-0.39, 0.29) is 5.91 Å². The van der Waals surface area contributed by atoms with E-state index in [2.05, 4.69) is 23.1 Å². The zero-order chi connectivity index (χ0) is 23.9. The van der Waals surface area contributed by atoms with Gasteiger partial charge in [0.1, 0.15) is 17.4 Å². The number of rotatable bonds is 8. The molecule has 0 atom stereocenters. The Balaban J connectivity index is 1.48. The Bertz CT molecular complexity index is 1150. The van der Waals surface area contributed by atoms with Gasteiger partial charge in [-0.15, -0.1) is 0 Å². The Morgan fingerprint density at radius 3 is 2.59 bits per heavy atom. The fraction of sp³-hybridized carbons (Fsp3) is 0.370. The second-order valence-corrected chi connectivity index (χ2v) is 8.81. The molecule has 1 fully saturated rings. The van der Waals surface area contributed by atoms with Gasteiger partial charge in [-0.1, -0.05) is 30.3 Å². The number of fused-ring (bicyclic) bond motifs is 1. The van der Waals surface area contributed by atoms with Crippen molar-refractivity contribution >= 4 is 22.6 Å². The summed E-state index contributed by atoms with van der Waals surface area (Å²) in [6, 6.07) is 16.3. The van der Waals surface area contributed by atoms with Gasteiger partial charge in [0, 0.05) is 50.6 Å². The molecular formula is C27H33N5O2. The molecule has 34 heavy (non-hydrogen) atoms. The number of methoxy groups -OCH3 is 1. The van der Waals surface area contributed by atoms with Gasteiger partial charge in [-0.2, -0.15) is 0 Å². The maximum atomic E-state index is 12.5. The van der Waals surface area contributed by atoms with Gasteiger partial charge in [0.25, 0.3) is 0 Å². The smallest absolute Gasteiger partial charge is 0.246 e. The molecule has 0 N–H and O–H groups in total. The normalized spacial score (nSPS) is 14.4. The number of benzene rings is 2. The third-order valence-electron chi connectivity index (χ3n) is 6.02.